The molecular formula is C21H23N3O2. The first-order valence-electron chi connectivity index (χ1n) is 8.66. The molecule has 0 fully saturated rings. The second-order valence-electron chi connectivity index (χ2n) is 6.55. The summed E-state index contributed by atoms with van der Waals surface area (Å²) >= 11 is 0. The maximum absolute atomic E-state index is 12.2. The Kier molecular flexibility index (Phi) is 5.07. The standard InChI is InChI=1S/C21H23N3O2/c1-13(2)24-21(25)14(3)26-19-10-9-16(15-8-11-20(22)23-12-15)17-6-4-5-7-18(17)19/h4-14H,1-3H3,(H2,22,23)(H,24,25). The van der Waals surface area contributed by atoms with Gasteiger partial charge in [0.1, 0.15) is 11.6 Å². The van der Waals surface area contributed by atoms with Gasteiger partial charge in [-0.05, 0) is 56.0 Å². The summed E-state index contributed by atoms with van der Waals surface area (Å²) in [5, 5.41) is 4.85. The Balaban J connectivity index is 1.98. The van der Waals surface area contributed by atoms with Crippen molar-refractivity contribution in [2.45, 2.75) is 32.9 Å². The van der Waals surface area contributed by atoms with Crippen LogP contribution in [0.25, 0.3) is 21.9 Å². The average molecular weight is 349 g/mol. The van der Waals surface area contributed by atoms with Gasteiger partial charge in [0.2, 0.25) is 0 Å². The number of nitrogen functional groups attached to an aromatic ring is 1. The third kappa shape index (κ3) is 3.77. The minimum absolute atomic E-state index is 0.0747. The molecular weight excluding hydrogens is 326 g/mol. The number of nitrogens with two attached hydrogens (primary N) is 1. The van der Waals surface area contributed by atoms with E-state index >= 15 is 0 Å². The van der Waals surface area contributed by atoms with Gasteiger partial charge in [-0.3, -0.25) is 4.79 Å². The first-order chi connectivity index (χ1) is 12.5. The molecule has 5 heteroatoms. The van der Waals surface area contributed by atoms with Crippen LogP contribution in [0.4, 0.5) is 5.82 Å². The number of hydrogen-bond acceptors (Lipinski definition) is 4. The van der Waals surface area contributed by atoms with E-state index in [1.54, 1.807) is 19.2 Å². The summed E-state index contributed by atoms with van der Waals surface area (Å²) in [6.45, 7) is 5.61. The summed E-state index contributed by atoms with van der Waals surface area (Å²) in [7, 11) is 0. The van der Waals surface area contributed by atoms with Crippen molar-refractivity contribution in [1.29, 1.82) is 0 Å². The number of rotatable bonds is 5. The predicted octanol–water partition coefficient (Wildman–Crippen LogP) is 3.78. The Morgan fingerprint density at radius 1 is 1.04 bits per heavy atom. The summed E-state index contributed by atoms with van der Waals surface area (Å²) in [6, 6.07) is 15.7. The molecule has 0 radical (unpaired) electrons. The normalized spacial score (nSPS) is 12.2. The third-order valence-electron chi connectivity index (χ3n) is 4.09. The van der Waals surface area contributed by atoms with Crippen LogP contribution in [-0.4, -0.2) is 23.0 Å². The number of benzene rings is 2. The molecule has 0 aliphatic rings. The van der Waals surface area contributed by atoms with E-state index in [1.807, 2.05) is 56.3 Å². The van der Waals surface area contributed by atoms with Crippen LogP contribution < -0.4 is 15.8 Å². The largest absolute Gasteiger partial charge is 0.480 e. The minimum Gasteiger partial charge on any atom is -0.480 e. The highest BCUT2D eigenvalue weighted by atomic mass is 16.5. The second kappa shape index (κ2) is 7.44. The fourth-order valence-electron chi connectivity index (χ4n) is 2.84. The van der Waals surface area contributed by atoms with Gasteiger partial charge in [0.15, 0.2) is 6.10 Å². The highest BCUT2D eigenvalue weighted by Crippen LogP contribution is 2.34. The van der Waals surface area contributed by atoms with E-state index in [9.17, 15) is 4.79 Å². The Hall–Kier alpha value is -3.08. The summed E-state index contributed by atoms with van der Waals surface area (Å²) in [6.07, 6.45) is 1.18. The van der Waals surface area contributed by atoms with Gasteiger partial charge in [-0.2, -0.15) is 0 Å². The zero-order valence-electron chi connectivity index (χ0n) is 15.2. The number of aromatic nitrogens is 1. The van der Waals surface area contributed by atoms with Gasteiger partial charge in [-0.1, -0.05) is 24.3 Å². The Labute approximate surface area is 153 Å². The van der Waals surface area contributed by atoms with Crippen LogP contribution in [-0.2, 0) is 4.79 Å². The van der Waals surface area contributed by atoms with Crippen LogP contribution in [0.2, 0.25) is 0 Å². The molecule has 26 heavy (non-hydrogen) atoms. The van der Waals surface area contributed by atoms with Gasteiger partial charge in [-0.25, -0.2) is 4.98 Å². The summed E-state index contributed by atoms with van der Waals surface area (Å²) in [5.74, 6) is 1.04. The number of carbonyl (C=O) groups is 1. The molecule has 5 nitrogen and oxygen atoms in total. The van der Waals surface area contributed by atoms with E-state index < -0.39 is 6.10 Å². The highest BCUT2D eigenvalue weighted by molar-refractivity contribution is 6.00. The number of nitrogens with zero attached hydrogens (tertiary/aromatic N) is 1. The summed E-state index contributed by atoms with van der Waals surface area (Å²) < 4.78 is 5.95. The topological polar surface area (TPSA) is 77.2 Å². The SMILES string of the molecule is CC(C)NC(=O)C(C)Oc1ccc(-c2ccc(N)nc2)c2ccccc12. The lowest BCUT2D eigenvalue weighted by atomic mass is 9.99. The molecule has 0 aliphatic heterocycles. The van der Waals surface area contributed by atoms with Crippen molar-refractivity contribution < 1.29 is 9.53 Å². The first-order valence-corrected chi connectivity index (χ1v) is 8.66. The van der Waals surface area contributed by atoms with Crippen LogP contribution in [0.3, 0.4) is 0 Å². The van der Waals surface area contributed by atoms with Crippen LogP contribution in [0.5, 0.6) is 5.75 Å². The van der Waals surface area contributed by atoms with E-state index in [0.29, 0.717) is 11.6 Å². The van der Waals surface area contributed by atoms with E-state index in [-0.39, 0.29) is 11.9 Å². The lowest BCUT2D eigenvalue weighted by Gasteiger charge is -2.18. The molecule has 1 amide bonds. The summed E-state index contributed by atoms with van der Waals surface area (Å²) in [4.78, 5) is 16.3. The monoisotopic (exact) mass is 349 g/mol. The number of nitrogens with one attached hydrogen (secondary N) is 1. The number of anilines is 1. The Bertz CT molecular complexity index is 920. The van der Waals surface area contributed by atoms with Crippen molar-refractivity contribution in [2.75, 3.05) is 5.73 Å². The molecule has 1 unspecified atom stereocenters. The Morgan fingerprint density at radius 2 is 1.77 bits per heavy atom. The zero-order chi connectivity index (χ0) is 18.7. The Morgan fingerprint density at radius 3 is 2.42 bits per heavy atom. The van der Waals surface area contributed by atoms with Crippen molar-refractivity contribution in [3.8, 4) is 16.9 Å². The molecule has 134 valence electrons. The maximum atomic E-state index is 12.2. The maximum Gasteiger partial charge on any atom is 0.260 e. The number of carbonyl (C=O) groups excluding carboxylic acids is 1. The molecule has 0 aliphatic carbocycles. The lowest BCUT2D eigenvalue weighted by Crippen LogP contribution is -2.40. The number of ether oxygens (including phenoxy) is 1. The molecule has 0 saturated carbocycles. The third-order valence-corrected chi connectivity index (χ3v) is 4.09. The molecule has 3 N–H and O–H groups in total. The predicted molar refractivity (Wildman–Crippen MR) is 105 cm³/mol. The van der Waals surface area contributed by atoms with Gasteiger partial charge >= 0.3 is 0 Å². The summed E-state index contributed by atoms with van der Waals surface area (Å²) in [5.41, 5.74) is 7.71. The van der Waals surface area contributed by atoms with Gasteiger partial charge in [0, 0.05) is 23.2 Å². The van der Waals surface area contributed by atoms with Crippen LogP contribution >= 0.6 is 0 Å². The second-order valence-corrected chi connectivity index (χ2v) is 6.55. The van der Waals surface area contributed by atoms with Gasteiger partial charge in [-0.15, -0.1) is 0 Å². The molecule has 0 spiro atoms. The minimum atomic E-state index is -0.579. The van der Waals surface area contributed by atoms with Crippen molar-refractivity contribution in [3.05, 3.63) is 54.7 Å². The number of hydrogen-bond donors (Lipinski definition) is 2. The zero-order valence-corrected chi connectivity index (χ0v) is 15.2. The number of pyridine rings is 1. The average Bonchev–Trinajstić information content (AvgIpc) is 2.62. The van der Waals surface area contributed by atoms with E-state index in [2.05, 4.69) is 10.3 Å². The first kappa shape index (κ1) is 17.7. The molecule has 0 saturated heterocycles. The van der Waals surface area contributed by atoms with Crippen LogP contribution in [0.15, 0.2) is 54.7 Å². The fraction of sp³-hybridized carbons (Fsp3) is 0.238. The van der Waals surface area contributed by atoms with Gasteiger partial charge < -0.3 is 15.8 Å². The van der Waals surface area contributed by atoms with Crippen LogP contribution in [0.1, 0.15) is 20.8 Å². The molecule has 3 rings (SSSR count). The van der Waals surface area contributed by atoms with Crippen molar-refractivity contribution in [2.24, 2.45) is 0 Å². The molecule has 0 bridgehead atoms. The molecule has 1 heterocycles. The lowest BCUT2D eigenvalue weighted by molar-refractivity contribution is -0.127. The number of amides is 1. The smallest absolute Gasteiger partial charge is 0.260 e. The van der Waals surface area contributed by atoms with Gasteiger partial charge in [0.05, 0.1) is 0 Å². The highest BCUT2D eigenvalue weighted by Gasteiger charge is 2.17. The molecule has 1 aromatic heterocycles. The molecule has 1 atom stereocenters. The molecule has 2 aromatic carbocycles. The van der Waals surface area contributed by atoms with E-state index in [1.165, 1.54) is 0 Å². The quantitative estimate of drug-likeness (QED) is 0.735. The van der Waals surface area contributed by atoms with Crippen molar-refractivity contribution in [3.63, 3.8) is 0 Å². The number of fused-ring (bicyclic) bond motifs is 1. The van der Waals surface area contributed by atoms with E-state index in [4.69, 9.17) is 10.5 Å². The van der Waals surface area contributed by atoms with Crippen molar-refractivity contribution in [1.82, 2.24) is 10.3 Å². The molecule has 3 aromatic rings. The van der Waals surface area contributed by atoms with Crippen molar-refractivity contribution >= 4 is 22.5 Å². The van der Waals surface area contributed by atoms with Gasteiger partial charge in [0.25, 0.3) is 5.91 Å². The van der Waals surface area contributed by atoms with Crippen LogP contribution in [0, 0.1) is 0 Å². The fourth-order valence-corrected chi connectivity index (χ4v) is 2.84. The van der Waals surface area contributed by atoms with E-state index in [0.717, 1.165) is 21.9 Å².